The van der Waals surface area contributed by atoms with Gasteiger partial charge in [0.05, 0.1) is 4.92 Å². The minimum absolute atomic E-state index is 0.0517. The standard InChI is InChI=1S/C13H14N2O3S2/c1-9(2)14-7-8-19-13(12(14)16)20-11-5-3-10(4-6-11)15(17)18/h3-9,13H,1-2H3. The van der Waals surface area contributed by atoms with Gasteiger partial charge in [0, 0.05) is 29.3 Å². The summed E-state index contributed by atoms with van der Waals surface area (Å²) in [5.74, 6) is 0.0517. The number of benzene rings is 1. The third kappa shape index (κ3) is 3.34. The van der Waals surface area contributed by atoms with E-state index in [0.29, 0.717) is 0 Å². The molecule has 0 saturated heterocycles. The van der Waals surface area contributed by atoms with Gasteiger partial charge in [0.15, 0.2) is 0 Å². The number of nitro groups is 1. The lowest BCUT2D eigenvalue weighted by molar-refractivity contribution is -0.384. The van der Waals surface area contributed by atoms with E-state index < -0.39 is 4.92 Å². The monoisotopic (exact) mass is 310 g/mol. The van der Waals surface area contributed by atoms with Crippen LogP contribution in [0.15, 0.2) is 40.8 Å². The first-order valence-electron chi connectivity index (χ1n) is 6.04. The molecule has 0 spiro atoms. The highest BCUT2D eigenvalue weighted by Crippen LogP contribution is 2.36. The van der Waals surface area contributed by atoms with Crippen LogP contribution < -0.4 is 0 Å². The Hall–Kier alpha value is -1.47. The lowest BCUT2D eigenvalue weighted by Gasteiger charge is -2.29. The average Bonchev–Trinajstić information content (AvgIpc) is 2.41. The third-order valence-electron chi connectivity index (χ3n) is 2.73. The molecule has 2 rings (SSSR count). The summed E-state index contributed by atoms with van der Waals surface area (Å²) in [7, 11) is 0. The van der Waals surface area contributed by atoms with Gasteiger partial charge in [-0.1, -0.05) is 0 Å². The van der Waals surface area contributed by atoms with Crippen LogP contribution in [0.25, 0.3) is 0 Å². The van der Waals surface area contributed by atoms with Gasteiger partial charge in [0.1, 0.15) is 4.58 Å². The summed E-state index contributed by atoms with van der Waals surface area (Å²) < 4.78 is -0.246. The summed E-state index contributed by atoms with van der Waals surface area (Å²) >= 11 is 2.87. The number of non-ortho nitro benzene ring substituents is 1. The number of rotatable bonds is 4. The van der Waals surface area contributed by atoms with Gasteiger partial charge in [0.2, 0.25) is 0 Å². The van der Waals surface area contributed by atoms with Crippen molar-refractivity contribution in [1.29, 1.82) is 0 Å². The first-order chi connectivity index (χ1) is 9.49. The second kappa shape index (κ2) is 6.32. The normalized spacial score (nSPS) is 18.6. The number of carbonyl (C=O) groups is 1. The number of hydrogen-bond donors (Lipinski definition) is 0. The Bertz CT molecular complexity index is 543. The number of carbonyl (C=O) groups excluding carboxylic acids is 1. The van der Waals surface area contributed by atoms with Gasteiger partial charge in [0.25, 0.3) is 11.6 Å². The highest BCUT2D eigenvalue weighted by atomic mass is 32.2. The fraction of sp³-hybridized carbons (Fsp3) is 0.308. The van der Waals surface area contributed by atoms with Crippen molar-refractivity contribution in [2.24, 2.45) is 0 Å². The van der Waals surface area contributed by atoms with Gasteiger partial charge in [-0.15, -0.1) is 23.5 Å². The molecule has 0 aromatic heterocycles. The predicted octanol–water partition coefficient (Wildman–Crippen LogP) is 3.47. The summed E-state index contributed by atoms with van der Waals surface area (Å²) in [6.07, 6.45) is 1.80. The van der Waals surface area contributed by atoms with E-state index in [4.69, 9.17) is 0 Å². The molecular weight excluding hydrogens is 296 g/mol. The number of hydrogen-bond acceptors (Lipinski definition) is 5. The topological polar surface area (TPSA) is 63.4 Å². The van der Waals surface area contributed by atoms with Gasteiger partial charge in [-0.3, -0.25) is 14.9 Å². The molecule has 0 bridgehead atoms. The summed E-state index contributed by atoms with van der Waals surface area (Å²) in [4.78, 5) is 25.0. The van der Waals surface area contributed by atoms with Gasteiger partial charge >= 0.3 is 0 Å². The smallest absolute Gasteiger partial charge is 0.269 e. The van der Waals surface area contributed by atoms with Crippen LogP contribution in [-0.2, 0) is 4.79 Å². The SMILES string of the molecule is CC(C)N1C=CSC(Sc2ccc([N+](=O)[O-])cc2)C1=O. The van der Waals surface area contributed by atoms with Gasteiger partial charge in [-0.25, -0.2) is 0 Å². The van der Waals surface area contributed by atoms with Crippen molar-refractivity contribution in [3.05, 3.63) is 46.0 Å². The number of nitro benzene ring substituents is 1. The zero-order valence-corrected chi connectivity index (χ0v) is 12.7. The Kier molecular flexibility index (Phi) is 4.72. The van der Waals surface area contributed by atoms with Crippen molar-refractivity contribution in [3.8, 4) is 0 Å². The molecule has 106 valence electrons. The van der Waals surface area contributed by atoms with Crippen molar-refractivity contribution in [2.45, 2.75) is 29.4 Å². The molecule has 1 atom stereocenters. The van der Waals surface area contributed by atoms with E-state index in [2.05, 4.69) is 0 Å². The molecule has 0 N–H and O–H groups in total. The van der Waals surface area contributed by atoms with E-state index in [0.717, 1.165) is 4.90 Å². The van der Waals surface area contributed by atoms with Crippen LogP contribution in [0.3, 0.4) is 0 Å². The highest BCUT2D eigenvalue weighted by molar-refractivity contribution is 8.19. The zero-order valence-electron chi connectivity index (χ0n) is 11.1. The largest absolute Gasteiger partial charge is 0.314 e. The lowest BCUT2D eigenvalue weighted by atomic mass is 10.3. The molecular formula is C13H14N2O3S2. The van der Waals surface area contributed by atoms with E-state index in [9.17, 15) is 14.9 Å². The molecule has 1 aliphatic heterocycles. The van der Waals surface area contributed by atoms with E-state index >= 15 is 0 Å². The minimum atomic E-state index is -0.432. The van der Waals surface area contributed by atoms with Gasteiger partial charge in [-0.05, 0) is 31.4 Å². The summed E-state index contributed by atoms with van der Waals surface area (Å²) in [6, 6.07) is 6.38. The minimum Gasteiger partial charge on any atom is -0.314 e. The van der Waals surface area contributed by atoms with Crippen molar-refractivity contribution in [1.82, 2.24) is 4.90 Å². The molecule has 5 nitrogen and oxygen atoms in total. The van der Waals surface area contributed by atoms with Crippen molar-refractivity contribution in [3.63, 3.8) is 0 Å². The number of amides is 1. The van der Waals surface area contributed by atoms with Crippen LogP contribution in [0.1, 0.15) is 13.8 Å². The highest BCUT2D eigenvalue weighted by Gasteiger charge is 2.28. The second-order valence-corrected chi connectivity index (χ2v) is 6.95. The Morgan fingerprint density at radius 3 is 2.55 bits per heavy atom. The Morgan fingerprint density at radius 2 is 2.00 bits per heavy atom. The first kappa shape index (κ1) is 14.9. The second-order valence-electron chi connectivity index (χ2n) is 4.46. The maximum absolute atomic E-state index is 12.3. The fourth-order valence-electron chi connectivity index (χ4n) is 1.70. The van der Waals surface area contributed by atoms with Crippen LogP contribution >= 0.6 is 23.5 Å². The molecule has 0 aliphatic carbocycles. The van der Waals surface area contributed by atoms with Crippen LogP contribution in [-0.4, -0.2) is 26.4 Å². The predicted molar refractivity (Wildman–Crippen MR) is 81.5 cm³/mol. The van der Waals surface area contributed by atoms with Crippen molar-refractivity contribution >= 4 is 35.1 Å². The van der Waals surface area contributed by atoms with E-state index in [1.54, 1.807) is 23.2 Å². The maximum atomic E-state index is 12.3. The third-order valence-corrected chi connectivity index (χ3v) is 5.04. The molecule has 0 fully saturated rings. The fourth-order valence-corrected chi connectivity index (χ4v) is 3.79. The molecule has 0 saturated carbocycles. The molecule has 1 unspecified atom stereocenters. The molecule has 1 amide bonds. The van der Waals surface area contributed by atoms with Crippen LogP contribution in [0.2, 0.25) is 0 Å². The molecule has 1 aromatic carbocycles. The zero-order chi connectivity index (χ0) is 14.7. The average molecular weight is 310 g/mol. The first-order valence-corrected chi connectivity index (χ1v) is 7.86. The molecule has 0 radical (unpaired) electrons. The summed E-state index contributed by atoms with van der Waals surface area (Å²) in [5.41, 5.74) is 0.0562. The summed E-state index contributed by atoms with van der Waals surface area (Å²) in [6.45, 7) is 3.93. The van der Waals surface area contributed by atoms with Crippen molar-refractivity contribution < 1.29 is 9.72 Å². The molecule has 1 heterocycles. The van der Waals surface area contributed by atoms with E-state index in [-0.39, 0.29) is 22.2 Å². The Morgan fingerprint density at radius 1 is 1.35 bits per heavy atom. The maximum Gasteiger partial charge on any atom is 0.269 e. The van der Waals surface area contributed by atoms with Crippen molar-refractivity contribution in [2.75, 3.05) is 0 Å². The van der Waals surface area contributed by atoms with E-state index in [1.807, 2.05) is 19.3 Å². The van der Waals surface area contributed by atoms with Crippen LogP contribution in [0, 0.1) is 10.1 Å². The molecule has 7 heteroatoms. The molecule has 1 aliphatic rings. The molecule has 1 aromatic rings. The lowest BCUT2D eigenvalue weighted by Crippen LogP contribution is -2.38. The van der Waals surface area contributed by atoms with E-state index in [1.165, 1.54) is 35.7 Å². The Balaban J connectivity index is 2.08. The van der Waals surface area contributed by atoms with Gasteiger partial charge < -0.3 is 4.90 Å². The van der Waals surface area contributed by atoms with Crippen LogP contribution in [0.5, 0.6) is 0 Å². The van der Waals surface area contributed by atoms with Gasteiger partial charge in [-0.2, -0.15) is 0 Å². The summed E-state index contributed by atoms with van der Waals surface area (Å²) in [5, 5.41) is 12.5. The number of thioether (sulfide) groups is 2. The van der Waals surface area contributed by atoms with Crippen LogP contribution in [0.4, 0.5) is 5.69 Å². The Labute approximate surface area is 125 Å². The quantitative estimate of drug-likeness (QED) is 0.629. The number of nitrogens with zero attached hydrogens (tertiary/aromatic N) is 2. The molecule has 20 heavy (non-hydrogen) atoms.